The van der Waals surface area contributed by atoms with E-state index in [1.807, 2.05) is 19.9 Å². The highest BCUT2D eigenvalue weighted by atomic mass is 35.5. The Morgan fingerprint density at radius 1 is 1.10 bits per heavy atom. The van der Waals surface area contributed by atoms with Crippen molar-refractivity contribution < 1.29 is 13.2 Å². The molecule has 2 N–H and O–H groups in total. The number of sulfonamides is 1. The van der Waals surface area contributed by atoms with Crippen LogP contribution in [0.2, 0.25) is 5.02 Å². The lowest BCUT2D eigenvalue weighted by atomic mass is 10.3. The van der Waals surface area contributed by atoms with E-state index in [1.165, 1.54) is 19.2 Å². The largest absolute Gasteiger partial charge is 0.495 e. The minimum atomic E-state index is -3.77. The summed E-state index contributed by atoms with van der Waals surface area (Å²) in [6, 6.07) is 9.92. The molecule has 11 heteroatoms. The third-order valence-corrected chi connectivity index (χ3v) is 5.73. The van der Waals surface area contributed by atoms with Crippen molar-refractivity contribution in [1.29, 1.82) is 0 Å². The van der Waals surface area contributed by atoms with Crippen LogP contribution in [0.25, 0.3) is 5.82 Å². The number of hydrogen-bond acceptors (Lipinski definition) is 7. The first-order chi connectivity index (χ1) is 13.8. The molecule has 154 valence electrons. The first-order valence-corrected chi connectivity index (χ1v) is 10.6. The first kappa shape index (κ1) is 21.0. The highest BCUT2D eigenvalue weighted by molar-refractivity contribution is 7.89. The van der Waals surface area contributed by atoms with Gasteiger partial charge in [-0.25, -0.2) is 17.8 Å². The van der Waals surface area contributed by atoms with Gasteiger partial charge in [0, 0.05) is 23.8 Å². The van der Waals surface area contributed by atoms with Crippen LogP contribution < -0.4 is 14.8 Å². The molecule has 1 aromatic carbocycles. The normalized spacial score (nSPS) is 11.4. The molecule has 0 bridgehead atoms. The van der Waals surface area contributed by atoms with Gasteiger partial charge in [-0.05, 0) is 50.2 Å². The molecule has 0 aliphatic heterocycles. The van der Waals surface area contributed by atoms with E-state index < -0.39 is 10.0 Å². The van der Waals surface area contributed by atoms with E-state index in [1.54, 1.807) is 22.9 Å². The Kier molecular flexibility index (Phi) is 6.36. The molecule has 3 rings (SSSR count). The Labute approximate surface area is 174 Å². The summed E-state index contributed by atoms with van der Waals surface area (Å²) in [5.74, 6) is 1.35. The Morgan fingerprint density at radius 3 is 2.52 bits per heavy atom. The van der Waals surface area contributed by atoms with Gasteiger partial charge in [0.15, 0.2) is 5.82 Å². The Bertz CT molecular complexity index is 1100. The third-order valence-electron chi connectivity index (χ3n) is 4.02. The van der Waals surface area contributed by atoms with Gasteiger partial charge in [0.25, 0.3) is 0 Å². The summed E-state index contributed by atoms with van der Waals surface area (Å²) in [5.41, 5.74) is 1.86. The molecule has 0 aliphatic rings. The number of anilines is 1. The van der Waals surface area contributed by atoms with Crippen LogP contribution in [-0.2, 0) is 10.0 Å². The van der Waals surface area contributed by atoms with Gasteiger partial charge in [-0.3, -0.25) is 0 Å². The molecule has 0 atom stereocenters. The maximum absolute atomic E-state index is 12.5. The summed E-state index contributed by atoms with van der Waals surface area (Å²) < 4.78 is 34.3. The molecule has 0 unspecified atom stereocenters. The Hall–Kier alpha value is -2.69. The molecule has 2 heterocycles. The van der Waals surface area contributed by atoms with Gasteiger partial charge >= 0.3 is 0 Å². The Morgan fingerprint density at radius 2 is 1.90 bits per heavy atom. The van der Waals surface area contributed by atoms with Crippen LogP contribution in [0.5, 0.6) is 5.75 Å². The molecule has 0 radical (unpaired) electrons. The van der Waals surface area contributed by atoms with Gasteiger partial charge in [-0.15, -0.1) is 10.2 Å². The summed E-state index contributed by atoms with van der Waals surface area (Å²) in [4.78, 5) is -0.0125. The number of benzene rings is 1. The summed E-state index contributed by atoms with van der Waals surface area (Å²) in [6.07, 6.45) is 0. The van der Waals surface area contributed by atoms with Gasteiger partial charge in [0.1, 0.15) is 16.5 Å². The second-order valence-electron chi connectivity index (χ2n) is 6.24. The number of aromatic nitrogens is 4. The number of rotatable bonds is 8. The summed E-state index contributed by atoms with van der Waals surface area (Å²) in [6.45, 7) is 4.30. The van der Waals surface area contributed by atoms with Crippen molar-refractivity contribution in [3.63, 3.8) is 0 Å². The van der Waals surface area contributed by atoms with Crippen LogP contribution in [0.15, 0.2) is 41.3 Å². The van der Waals surface area contributed by atoms with Crippen LogP contribution in [0, 0.1) is 13.8 Å². The zero-order valence-corrected chi connectivity index (χ0v) is 17.8. The van der Waals surface area contributed by atoms with Crippen LogP contribution in [-0.4, -0.2) is 48.6 Å². The molecular weight excluding hydrogens is 416 g/mol. The van der Waals surface area contributed by atoms with Crippen molar-refractivity contribution in [2.75, 3.05) is 25.5 Å². The molecule has 0 fully saturated rings. The fraction of sp³-hybridized carbons (Fsp3) is 0.278. The average molecular weight is 437 g/mol. The topological polar surface area (TPSA) is 111 Å². The van der Waals surface area contributed by atoms with Gasteiger partial charge in [-0.2, -0.15) is 5.10 Å². The van der Waals surface area contributed by atoms with Crippen molar-refractivity contribution in [3.8, 4) is 11.6 Å². The van der Waals surface area contributed by atoms with E-state index >= 15 is 0 Å². The van der Waals surface area contributed by atoms with Crippen LogP contribution in [0.1, 0.15) is 11.4 Å². The van der Waals surface area contributed by atoms with Crippen molar-refractivity contribution >= 4 is 27.4 Å². The van der Waals surface area contributed by atoms with Crippen LogP contribution in [0.3, 0.4) is 0 Å². The molecule has 0 saturated carbocycles. The minimum absolute atomic E-state index is 0.0125. The minimum Gasteiger partial charge on any atom is -0.495 e. The van der Waals surface area contributed by atoms with E-state index in [0.717, 1.165) is 11.4 Å². The molecule has 0 saturated heterocycles. The molecular formula is C18H21ClN6O3S. The van der Waals surface area contributed by atoms with Gasteiger partial charge in [0.05, 0.1) is 12.8 Å². The van der Waals surface area contributed by atoms with Crippen molar-refractivity contribution in [1.82, 2.24) is 24.7 Å². The zero-order valence-electron chi connectivity index (χ0n) is 16.2. The number of aryl methyl sites for hydroxylation is 2. The fourth-order valence-corrected chi connectivity index (χ4v) is 4.17. The monoisotopic (exact) mass is 436 g/mol. The smallest absolute Gasteiger partial charge is 0.244 e. The van der Waals surface area contributed by atoms with Crippen molar-refractivity contribution in [3.05, 3.63) is 52.8 Å². The summed E-state index contributed by atoms with van der Waals surface area (Å²) >= 11 is 5.91. The molecule has 9 nitrogen and oxygen atoms in total. The first-order valence-electron chi connectivity index (χ1n) is 8.74. The SMILES string of the molecule is COc1ccc(Cl)cc1S(=O)(=O)NCCNc1ccc(-n2nc(C)cc2C)nn1. The second-order valence-corrected chi connectivity index (χ2v) is 8.41. The lowest BCUT2D eigenvalue weighted by molar-refractivity contribution is 0.402. The lowest BCUT2D eigenvalue weighted by Gasteiger charge is -2.11. The van der Waals surface area contributed by atoms with E-state index in [-0.39, 0.29) is 17.2 Å². The predicted molar refractivity (Wildman–Crippen MR) is 110 cm³/mol. The van der Waals surface area contributed by atoms with Crippen LogP contribution in [0.4, 0.5) is 5.82 Å². The van der Waals surface area contributed by atoms with E-state index in [2.05, 4.69) is 25.3 Å². The maximum atomic E-state index is 12.5. The van der Waals surface area contributed by atoms with Crippen molar-refractivity contribution in [2.45, 2.75) is 18.7 Å². The van der Waals surface area contributed by atoms with Gasteiger partial charge in [-0.1, -0.05) is 11.6 Å². The fourth-order valence-electron chi connectivity index (χ4n) is 2.71. The van der Waals surface area contributed by atoms with Gasteiger partial charge in [0.2, 0.25) is 10.0 Å². The number of hydrogen-bond donors (Lipinski definition) is 2. The third kappa shape index (κ3) is 5.03. The van der Waals surface area contributed by atoms with E-state index in [9.17, 15) is 8.42 Å². The summed E-state index contributed by atoms with van der Waals surface area (Å²) in [7, 11) is -2.37. The number of ether oxygens (including phenoxy) is 1. The standard InChI is InChI=1S/C18H21ClN6O3S/c1-12-10-13(2)25(24-12)18-7-6-17(22-23-18)20-8-9-21-29(26,27)16-11-14(19)4-5-15(16)28-3/h4-7,10-11,21H,8-9H2,1-3H3,(H,20,22). The summed E-state index contributed by atoms with van der Waals surface area (Å²) in [5, 5.41) is 15.9. The molecule has 0 aliphatic carbocycles. The number of halogens is 1. The van der Waals surface area contributed by atoms with E-state index in [4.69, 9.17) is 16.3 Å². The molecule has 2 aromatic heterocycles. The Balaban J connectivity index is 1.58. The molecule has 0 amide bonds. The highest BCUT2D eigenvalue weighted by Gasteiger charge is 2.19. The predicted octanol–water partition coefficient (Wildman–Crippen LogP) is 2.33. The van der Waals surface area contributed by atoms with Gasteiger partial charge < -0.3 is 10.1 Å². The molecule has 29 heavy (non-hydrogen) atoms. The average Bonchev–Trinajstić information content (AvgIpc) is 3.04. The highest BCUT2D eigenvalue weighted by Crippen LogP contribution is 2.26. The second kappa shape index (κ2) is 8.76. The zero-order chi connectivity index (χ0) is 21.0. The quantitative estimate of drug-likeness (QED) is 0.521. The number of methoxy groups -OCH3 is 1. The maximum Gasteiger partial charge on any atom is 0.244 e. The molecule has 0 spiro atoms. The van der Waals surface area contributed by atoms with Crippen LogP contribution >= 0.6 is 11.6 Å². The number of nitrogens with zero attached hydrogens (tertiary/aromatic N) is 4. The number of nitrogens with one attached hydrogen (secondary N) is 2. The lowest BCUT2D eigenvalue weighted by Crippen LogP contribution is -2.29. The molecule has 3 aromatic rings. The van der Waals surface area contributed by atoms with E-state index in [0.29, 0.717) is 23.2 Å². The van der Waals surface area contributed by atoms with Crippen molar-refractivity contribution in [2.24, 2.45) is 0 Å².